The number of halogens is 1. The summed E-state index contributed by atoms with van der Waals surface area (Å²) in [4.78, 5) is 18.1. The summed E-state index contributed by atoms with van der Waals surface area (Å²) in [5.41, 5.74) is 1.71. The zero-order valence-corrected chi connectivity index (χ0v) is 14.7. The molecule has 0 aliphatic heterocycles. The lowest BCUT2D eigenvalue weighted by Gasteiger charge is -2.17. The van der Waals surface area contributed by atoms with Crippen LogP contribution >= 0.6 is 27.3 Å². The molecule has 23 heavy (non-hydrogen) atoms. The number of rotatable bonds is 4. The summed E-state index contributed by atoms with van der Waals surface area (Å²) in [5.74, 6) is 0.714. The Kier molecular flexibility index (Phi) is 4.78. The largest absolute Gasteiger partial charge is 0.452 e. The Hall–Kier alpha value is -2.12. The van der Waals surface area contributed by atoms with Crippen molar-refractivity contribution in [1.82, 2.24) is 9.88 Å². The first-order chi connectivity index (χ1) is 11.1. The third-order valence-corrected chi connectivity index (χ3v) is 4.41. The zero-order valence-electron chi connectivity index (χ0n) is 12.3. The van der Waals surface area contributed by atoms with Crippen LogP contribution < -0.4 is 5.32 Å². The Labute approximate surface area is 146 Å². The predicted octanol–water partition coefficient (Wildman–Crippen LogP) is 4.83. The summed E-state index contributed by atoms with van der Waals surface area (Å²) in [5, 5.41) is 5.73. The molecule has 0 unspecified atom stereocenters. The van der Waals surface area contributed by atoms with Crippen molar-refractivity contribution in [1.29, 1.82) is 0 Å². The van der Waals surface area contributed by atoms with E-state index in [4.69, 9.17) is 4.42 Å². The topological polar surface area (TPSA) is 58.4 Å². The van der Waals surface area contributed by atoms with Crippen molar-refractivity contribution >= 4 is 39.0 Å². The number of hydrogen-bond acceptors (Lipinski definition) is 4. The minimum atomic E-state index is -0.200. The van der Waals surface area contributed by atoms with Gasteiger partial charge >= 0.3 is 6.03 Å². The standard InChI is InChI=1S/C16H14BrN3O2S/c1-20(10-13-5-6-14(17)22-13)16(21)19-12-4-2-3-11(9-12)15-18-7-8-23-15/h2-9H,10H2,1H3,(H,19,21). The van der Waals surface area contributed by atoms with Crippen LogP contribution in [-0.2, 0) is 6.54 Å². The number of nitrogens with zero attached hydrogens (tertiary/aromatic N) is 2. The molecule has 3 rings (SSSR count). The third kappa shape index (κ3) is 4.00. The molecule has 0 spiro atoms. The van der Waals surface area contributed by atoms with E-state index in [1.54, 1.807) is 35.5 Å². The van der Waals surface area contributed by atoms with E-state index in [2.05, 4.69) is 26.2 Å². The minimum Gasteiger partial charge on any atom is -0.452 e. The van der Waals surface area contributed by atoms with Gasteiger partial charge in [0.05, 0.1) is 6.54 Å². The molecule has 0 aliphatic rings. The van der Waals surface area contributed by atoms with Crippen LogP contribution in [0.3, 0.4) is 0 Å². The number of aromatic nitrogens is 1. The Morgan fingerprint density at radius 2 is 2.26 bits per heavy atom. The molecule has 3 aromatic rings. The maximum Gasteiger partial charge on any atom is 0.321 e. The highest BCUT2D eigenvalue weighted by Gasteiger charge is 2.12. The van der Waals surface area contributed by atoms with Crippen LogP contribution in [0.2, 0.25) is 0 Å². The lowest BCUT2D eigenvalue weighted by atomic mass is 10.2. The molecule has 1 aromatic carbocycles. The fourth-order valence-corrected chi connectivity index (χ4v) is 3.03. The van der Waals surface area contributed by atoms with Crippen molar-refractivity contribution in [2.24, 2.45) is 0 Å². The van der Waals surface area contributed by atoms with Gasteiger partial charge in [-0.15, -0.1) is 11.3 Å². The quantitative estimate of drug-likeness (QED) is 0.692. The molecule has 118 valence electrons. The number of anilines is 1. The molecule has 7 heteroatoms. The number of carbonyl (C=O) groups excluding carboxylic acids is 1. The third-order valence-electron chi connectivity index (χ3n) is 3.16. The number of amides is 2. The SMILES string of the molecule is CN(Cc1ccc(Br)o1)C(=O)Nc1cccc(-c2nccs2)c1. The molecule has 0 radical (unpaired) electrons. The van der Waals surface area contributed by atoms with Crippen molar-refractivity contribution < 1.29 is 9.21 Å². The molecule has 0 saturated heterocycles. The molecule has 0 aliphatic carbocycles. The molecule has 0 bridgehead atoms. The zero-order chi connectivity index (χ0) is 16.2. The highest BCUT2D eigenvalue weighted by atomic mass is 79.9. The maximum absolute atomic E-state index is 12.3. The molecule has 2 heterocycles. The van der Waals surface area contributed by atoms with E-state index >= 15 is 0 Å². The molecule has 5 nitrogen and oxygen atoms in total. The van der Waals surface area contributed by atoms with Crippen molar-refractivity contribution in [2.75, 3.05) is 12.4 Å². The van der Waals surface area contributed by atoms with Gasteiger partial charge in [0.15, 0.2) is 4.67 Å². The van der Waals surface area contributed by atoms with Gasteiger partial charge in [0.25, 0.3) is 0 Å². The van der Waals surface area contributed by atoms with E-state index in [1.165, 1.54) is 0 Å². The molecule has 0 fully saturated rings. The van der Waals surface area contributed by atoms with Crippen LogP contribution in [0.25, 0.3) is 10.6 Å². The van der Waals surface area contributed by atoms with E-state index in [-0.39, 0.29) is 6.03 Å². The van der Waals surface area contributed by atoms with Crippen molar-refractivity contribution in [3.05, 3.63) is 58.4 Å². The van der Waals surface area contributed by atoms with E-state index in [0.717, 1.165) is 16.3 Å². The Balaban J connectivity index is 1.66. The lowest BCUT2D eigenvalue weighted by Crippen LogP contribution is -2.30. The summed E-state index contributed by atoms with van der Waals surface area (Å²) in [6.07, 6.45) is 1.76. The van der Waals surface area contributed by atoms with Crippen LogP contribution in [0.1, 0.15) is 5.76 Å². The first kappa shape index (κ1) is 15.8. The Bertz CT molecular complexity index is 801. The van der Waals surface area contributed by atoms with Gasteiger partial charge in [-0.05, 0) is 40.2 Å². The van der Waals surface area contributed by atoms with Gasteiger partial charge in [-0.25, -0.2) is 9.78 Å². The average molecular weight is 392 g/mol. The molecular weight excluding hydrogens is 378 g/mol. The van der Waals surface area contributed by atoms with Crippen LogP contribution in [-0.4, -0.2) is 23.0 Å². The first-order valence-electron chi connectivity index (χ1n) is 6.88. The van der Waals surface area contributed by atoms with Gasteiger partial charge in [0.1, 0.15) is 10.8 Å². The van der Waals surface area contributed by atoms with Crippen molar-refractivity contribution in [3.63, 3.8) is 0 Å². The number of thiazole rings is 1. The van der Waals surface area contributed by atoms with Crippen molar-refractivity contribution in [2.45, 2.75) is 6.54 Å². The minimum absolute atomic E-state index is 0.200. The second kappa shape index (κ2) is 6.97. The van der Waals surface area contributed by atoms with Crippen LogP contribution in [0.15, 0.2) is 57.1 Å². The van der Waals surface area contributed by atoms with Gasteiger partial charge in [0.2, 0.25) is 0 Å². The number of benzene rings is 1. The maximum atomic E-state index is 12.3. The van der Waals surface area contributed by atoms with Crippen LogP contribution in [0, 0.1) is 0 Å². The fourth-order valence-electron chi connectivity index (χ4n) is 2.06. The molecule has 0 saturated carbocycles. The number of nitrogens with one attached hydrogen (secondary N) is 1. The Morgan fingerprint density at radius 3 is 2.96 bits per heavy atom. The highest BCUT2D eigenvalue weighted by molar-refractivity contribution is 9.10. The fraction of sp³-hybridized carbons (Fsp3) is 0.125. The van der Waals surface area contributed by atoms with Crippen LogP contribution in [0.4, 0.5) is 10.5 Å². The molecule has 2 aromatic heterocycles. The van der Waals surface area contributed by atoms with E-state index in [0.29, 0.717) is 17.0 Å². The highest BCUT2D eigenvalue weighted by Crippen LogP contribution is 2.24. The molecule has 0 atom stereocenters. The average Bonchev–Trinajstić information content (AvgIpc) is 3.19. The Morgan fingerprint density at radius 1 is 1.39 bits per heavy atom. The predicted molar refractivity (Wildman–Crippen MR) is 94.4 cm³/mol. The first-order valence-corrected chi connectivity index (χ1v) is 8.55. The van der Waals surface area contributed by atoms with Crippen LogP contribution in [0.5, 0.6) is 0 Å². The van der Waals surface area contributed by atoms with Gasteiger partial charge in [-0.1, -0.05) is 12.1 Å². The summed E-state index contributed by atoms with van der Waals surface area (Å²) < 4.78 is 6.06. The normalized spacial score (nSPS) is 10.5. The smallest absolute Gasteiger partial charge is 0.321 e. The van der Waals surface area contributed by atoms with E-state index in [1.807, 2.05) is 35.7 Å². The van der Waals surface area contributed by atoms with E-state index in [9.17, 15) is 4.79 Å². The number of furan rings is 1. The summed E-state index contributed by atoms with van der Waals surface area (Å²) in [6, 6.07) is 11.1. The summed E-state index contributed by atoms with van der Waals surface area (Å²) >= 11 is 4.81. The molecule has 1 N–H and O–H groups in total. The number of hydrogen-bond donors (Lipinski definition) is 1. The second-order valence-electron chi connectivity index (χ2n) is 4.91. The molecule has 2 amide bonds. The van der Waals surface area contributed by atoms with E-state index < -0.39 is 0 Å². The van der Waals surface area contributed by atoms with Gasteiger partial charge in [-0.3, -0.25) is 0 Å². The van der Waals surface area contributed by atoms with Gasteiger partial charge < -0.3 is 14.6 Å². The van der Waals surface area contributed by atoms with Crippen molar-refractivity contribution in [3.8, 4) is 10.6 Å². The number of urea groups is 1. The van der Waals surface area contributed by atoms with Gasteiger partial charge in [-0.2, -0.15) is 0 Å². The number of carbonyl (C=O) groups is 1. The summed E-state index contributed by atoms with van der Waals surface area (Å²) in [6.45, 7) is 0.392. The summed E-state index contributed by atoms with van der Waals surface area (Å²) in [7, 11) is 1.72. The lowest BCUT2D eigenvalue weighted by molar-refractivity contribution is 0.216. The molecular formula is C16H14BrN3O2S. The monoisotopic (exact) mass is 391 g/mol. The second-order valence-corrected chi connectivity index (χ2v) is 6.59. The van der Waals surface area contributed by atoms with Gasteiger partial charge in [0, 0.05) is 29.9 Å².